The minimum atomic E-state index is 0.284. The fourth-order valence-corrected chi connectivity index (χ4v) is 3.60. The molecule has 1 aliphatic rings. The summed E-state index contributed by atoms with van der Waals surface area (Å²) in [5, 5.41) is 5.52. The zero-order chi connectivity index (χ0) is 15.4. The van der Waals surface area contributed by atoms with Gasteiger partial charge in [0, 0.05) is 36.4 Å². The van der Waals surface area contributed by atoms with Crippen LogP contribution in [-0.4, -0.2) is 47.2 Å². The van der Waals surface area contributed by atoms with Crippen molar-refractivity contribution >= 4 is 17.3 Å². The molecule has 0 aromatic carbocycles. The van der Waals surface area contributed by atoms with Gasteiger partial charge in [-0.1, -0.05) is 6.07 Å². The molecule has 22 heavy (non-hydrogen) atoms. The van der Waals surface area contributed by atoms with E-state index in [2.05, 4.69) is 44.6 Å². The van der Waals surface area contributed by atoms with Crippen LogP contribution in [0.5, 0.6) is 0 Å². The van der Waals surface area contributed by atoms with Crippen LogP contribution >= 0.6 is 11.3 Å². The summed E-state index contributed by atoms with van der Waals surface area (Å²) < 4.78 is 5.67. The number of nitrogens with one attached hydrogen (secondary N) is 1. The SMILES string of the molecule is Cc1ccnc(NC[C@@H](c2cccs2)N2CCO[C@@H](C)C2)n1. The van der Waals surface area contributed by atoms with E-state index >= 15 is 0 Å². The highest BCUT2D eigenvalue weighted by atomic mass is 32.1. The van der Waals surface area contributed by atoms with Crippen molar-refractivity contribution in [1.82, 2.24) is 14.9 Å². The Hall–Kier alpha value is -1.50. The molecule has 1 N–H and O–H groups in total. The monoisotopic (exact) mass is 318 g/mol. The second kappa shape index (κ2) is 7.17. The maximum absolute atomic E-state index is 5.67. The Morgan fingerprint density at radius 1 is 1.50 bits per heavy atom. The van der Waals surface area contributed by atoms with Crippen LogP contribution in [0.4, 0.5) is 5.95 Å². The number of rotatable bonds is 5. The van der Waals surface area contributed by atoms with Crippen molar-refractivity contribution in [2.24, 2.45) is 0 Å². The first-order valence-electron chi connectivity index (χ1n) is 7.65. The molecule has 0 unspecified atom stereocenters. The zero-order valence-electron chi connectivity index (χ0n) is 13.0. The number of ether oxygens (including phenoxy) is 1. The van der Waals surface area contributed by atoms with E-state index in [9.17, 15) is 0 Å². The number of aromatic nitrogens is 2. The third-order valence-electron chi connectivity index (χ3n) is 3.83. The number of hydrogen-bond acceptors (Lipinski definition) is 6. The minimum Gasteiger partial charge on any atom is -0.376 e. The van der Waals surface area contributed by atoms with Crippen molar-refractivity contribution in [3.05, 3.63) is 40.3 Å². The number of morpholine rings is 1. The Labute approximate surface area is 135 Å². The molecule has 0 spiro atoms. The highest BCUT2D eigenvalue weighted by Gasteiger charge is 2.26. The summed E-state index contributed by atoms with van der Waals surface area (Å²) in [5.41, 5.74) is 0.977. The Morgan fingerprint density at radius 3 is 3.14 bits per heavy atom. The smallest absolute Gasteiger partial charge is 0.222 e. The summed E-state index contributed by atoms with van der Waals surface area (Å²) in [4.78, 5) is 12.6. The summed E-state index contributed by atoms with van der Waals surface area (Å²) in [6, 6.07) is 6.55. The van der Waals surface area contributed by atoms with E-state index in [4.69, 9.17) is 4.74 Å². The Bertz CT molecular complexity index is 590. The van der Waals surface area contributed by atoms with Crippen LogP contribution in [0.15, 0.2) is 29.8 Å². The molecule has 1 saturated heterocycles. The molecular formula is C16H22N4OS. The van der Waals surface area contributed by atoms with Crippen LogP contribution < -0.4 is 5.32 Å². The van der Waals surface area contributed by atoms with Crippen LogP contribution in [0.3, 0.4) is 0 Å². The molecule has 3 heterocycles. The van der Waals surface area contributed by atoms with Crippen molar-refractivity contribution in [3.63, 3.8) is 0 Å². The van der Waals surface area contributed by atoms with Crippen molar-refractivity contribution in [2.75, 3.05) is 31.6 Å². The summed E-state index contributed by atoms with van der Waals surface area (Å²) in [5.74, 6) is 0.697. The molecule has 0 radical (unpaired) electrons. The number of nitrogens with zero attached hydrogens (tertiary/aromatic N) is 3. The lowest BCUT2D eigenvalue weighted by Crippen LogP contribution is -2.44. The predicted octanol–water partition coefficient (Wildman–Crippen LogP) is 2.72. The van der Waals surface area contributed by atoms with Crippen LogP contribution in [0.2, 0.25) is 0 Å². The van der Waals surface area contributed by atoms with Gasteiger partial charge < -0.3 is 10.1 Å². The minimum absolute atomic E-state index is 0.284. The van der Waals surface area contributed by atoms with Gasteiger partial charge in [0.1, 0.15) is 0 Å². The average molecular weight is 318 g/mol. The Kier molecular flexibility index (Phi) is 5.02. The van der Waals surface area contributed by atoms with Gasteiger partial charge in [-0.2, -0.15) is 0 Å². The quantitative estimate of drug-likeness (QED) is 0.918. The van der Waals surface area contributed by atoms with E-state index in [0.29, 0.717) is 12.0 Å². The Morgan fingerprint density at radius 2 is 2.41 bits per heavy atom. The topological polar surface area (TPSA) is 50.3 Å². The first-order chi connectivity index (χ1) is 10.7. The largest absolute Gasteiger partial charge is 0.376 e. The van der Waals surface area contributed by atoms with Crippen molar-refractivity contribution in [1.29, 1.82) is 0 Å². The average Bonchev–Trinajstić information content (AvgIpc) is 3.02. The normalized spacial score (nSPS) is 20.7. The second-order valence-electron chi connectivity index (χ2n) is 5.61. The lowest BCUT2D eigenvalue weighted by molar-refractivity contribution is -0.0322. The Balaban J connectivity index is 1.71. The predicted molar refractivity (Wildman–Crippen MR) is 89.3 cm³/mol. The molecule has 6 heteroatoms. The van der Waals surface area contributed by atoms with Gasteiger partial charge in [0.25, 0.3) is 0 Å². The summed E-state index contributed by atoms with van der Waals surface area (Å²) in [6.45, 7) is 7.63. The molecule has 0 saturated carbocycles. The van der Waals surface area contributed by atoms with Crippen LogP contribution in [0.25, 0.3) is 0 Å². The molecule has 0 bridgehead atoms. The van der Waals surface area contributed by atoms with Crippen LogP contribution in [0, 0.1) is 6.92 Å². The number of anilines is 1. The molecule has 2 aromatic heterocycles. The summed E-state index contributed by atoms with van der Waals surface area (Å²) in [6.07, 6.45) is 2.08. The highest BCUT2D eigenvalue weighted by Crippen LogP contribution is 2.27. The maximum Gasteiger partial charge on any atom is 0.222 e. The van der Waals surface area contributed by atoms with Crippen molar-refractivity contribution in [2.45, 2.75) is 26.0 Å². The number of hydrogen-bond donors (Lipinski definition) is 1. The molecule has 3 rings (SSSR count). The third kappa shape index (κ3) is 3.82. The van der Waals surface area contributed by atoms with E-state index in [0.717, 1.165) is 31.9 Å². The zero-order valence-corrected chi connectivity index (χ0v) is 13.8. The molecule has 5 nitrogen and oxygen atoms in total. The van der Waals surface area contributed by atoms with E-state index in [1.807, 2.05) is 13.0 Å². The molecule has 0 aliphatic carbocycles. The van der Waals surface area contributed by atoms with Gasteiger partial charge in [-0.15, -0.1) is 11.3 Å². The van der Waals surface area contributed by atoms with E-state index in [-0.39, 0.29) is 6.10 Å². The highest BCUT2D eigenvalue weighted by molar-refractivity contribution is 7.10. The lowest BCUT2D eigenvalue weighted by atomic mass is 10.1. The van der Waals surface area contributed by atoms with Crippen molar-refractivity contribution in [3.8, 4) is 0 Å². The maximum atomic E-state index is 5.67. The summed E-state index contributed by atoms with van der Waals surface area (Å²) in [7, 11) is 0. The number of aryl methyl sites for hydroxylation is 1. The van der Waals surface area contributed by atoms with Gasteiger partial charge in [0.05, 0.1) is 18.8 Å². The second-order valence-corrected chi connectivity index (χ2v) is 6.59. The van der Waals surface area contributed by atoms with Crippen molar-refractivity contribution < 1.29 is 4.74 Å². The first kappa shape index (κ1) is 15.4. The van der Waals surface area contributed by atoms with Gasteiger partial charge in [-0.25, -0.2) is 9.97 Å². The molecular weight excluding hydrogens is 296 g/mol. The van der Waals surface area contributed by atoms with Crippen LogP contribution in [0.1, 0.15) is 23.5 Å². The fourth-order valence-electron chi connectivity index (χ4n) is 2.74. The van der Waals surface area contributed by atoms with Gasteiger partial charge in [-0.3, -0.25) is 4.90 Å². The summed E-state index contributed by atoms with van der Waals surface area (Å²) >= 11 is 1.80. The molecule has 2 aromatic rings. The molecule has 0 amide bonds. The number of thiophene rings is 1. The van der Waals surface area contributed by atoms with E-state index < -0.39 is 0 Å². The van der Waals surface area contributed by atoms with Gasteiger partial charge in [0.2, 0.25) is 5.95 Å². The van der Waals surface area contributed by atoms with E-state index in [1.165, 1.54) is 4.88 Å². The molecule has 2 atom stereocenters. The molecule has 118 valence electrons. The van der Waals surface area contributed by atoms with Gasteiger partial charge in [0.15, 0.2) is 0 Å². The standard InChI is InChI=1S/C16H22N4OS/c1-12-5-6-17-16(19-12)18-10-14(15-4-3-9-22-15)20-7-8-21-13(2)11-20/h3-6,9,13-14H,7-8,10-11H2,1-2H3,(H,17,18,19)/t13-,14-/m0/s1. The molecule has 1 fully saturated rings. The third-order valence-corrected chi connectivity index (χ3v) is 4.81. The van der Waals surface area contributed by atoms with Gasteiger partial charge in [-0.05, 0) is 31.4 Å². The van der Waals surface area contributed by atoms with Gasteiger partial charge >= 0.3 is 0 Å². The van der Waals surface area contributed by atoms with Crippen LogP contribution in [-0.2, 0) is 4.74 Å². The first-order valence-corrected chi connectivity index (χ1v) is 8.53. The van der Waals surface area contributed by atoms with E-state index in [1.54, 1.807) is 17.5 Å². The fraction of sp³-hybridized carbons (Fsp3) is 0.500. The lowest BCUT2D eigenvalue weighted by Gasteiger charge is -2.37. The molecule has 1 aliphatic heterocycles.